The minimum absolute atomic E-state index is 0.250. The molecule has 2 N–H and O–H groups in total. The number of ether oxygens (including phenoxy) is 1. The van der Waals surface area contributed by atoms with Gasteiger partial charge in [0.15, 0.2) is 0 Å². The molecule has 1 aromatic heterocycles. The summed E-state index contributed by atoms with van der Waals surface area (Å²) in [7, 11) is 0. The van der Waals surface area contributed by atoms with Gasteiger partial charge in [-0.1, -0.05) is 31.2 Å². The summed E-state index contributed by atoms with van der Waals surface area (Å²) in [6, 6.07) is 14.7. The zero-order valence-electron chi connectivity index (χ0n) is 15.9. The lowest BCUT2D eigenvalue weighted by molar-refractivity contribution is -0.111. The van der Waals surface area contributed by atoms with E-state index in [0.29, 0.717) is 18.0 Å². The van der Waals surface area contributed by atoms with Crippen LogP contribution >= 0.6 is 0 Å². The number of aromatic amines is 1. The molecular formula is C22H23N3O3. The highest BCUT2D eigenvalue weighted by Crippen LogP contribution is 2.20. The largest absolute Gasteiger partial charge is 0.494 e. The maximum Gasteiger partial charge on any atom is 0.330 e. The van der Waals surface area contributed by atoms with E-state index in [1.54, 1.807) is 24.4 Å². The van der Waals surface area contributed by atoms with Crippen molar-refractivity contribution in [1.82, 2.24) is 9.55 Å². The van der Waals surface area contributed by atoms with Gasteiger partial charge in [0.2, 0.25) is 5.91 Å². The second-order valence-corrected chi connectivity index (χ2v) is 6.33. The van der Waals surface area contributed by atoms with Gasteiger partial charge in [0, 0.05) is 18.0 Å². The summed E-state index contributed by atoms with van der Waals surface area (Å²) in [5.74, 6) is 0.532. The van der Waals surface area contributed by atoms with Gasteiger partial charge >= 0.3 is 5.69 Å². The van der Waals surface area contributed by atoms with Crippen LogP contribution in [0.1, 0.15) is 24.6 Å². The number of nitrogens with one attached hydrogen (secondary N) is 2. The van der Waals surface area contributed by atoms with E-state index in [0.717, 1.165) is 23.4 Å². The average Bonchev–Trinajstić information content (AvgIpc) is 3.04. The summed E-state index contributed by atoms with van der Waals surface area (Å²) in [5.41, 5.74) is 2.58. The first-order chi connectivity index (χ1) is 13.6. The Morgan fingerprint density at radius 3 is 2.61 bits per heavy atom. The van der Waals surface area contributed by atoms with Crippen LogP contribution < -0.4 is 15.7 Å². The van der Waals surface area contributed by atoms with Crippen LogP contribution in [-0.4, -0.2) is 22.1 Å². The van der Waals surface area contributed by atoms with E-state index in [4.69, 9.17) is 4.74 Å². The maximum atomic E-state index is 12.4. The first-order valence-corrected chi connectivity index (χ1v) is 9.17. The van der Waals surface area contributed by atoms with E-state index in [1.165, 1.54) is 10.6 Å². The third-order valence-electron chi connectivity index (χ3n) is 4.14. The molecule has 0 aliphatic heterocycles. The van der Waals surface area contributed by atoms with Crippen LogP contribution in [0, 0.1) is 6.92 Å². The van der Waals surface area contributed by atoms with Gasteiger partial charge in [0.1, 0.15) is 5.75 Å². The summed E-state index contributed by atoms with van der Waals surface area (Å²) in [6.07, 6.45) is 5.78. The maximum absolute atomic E-state index is 12.4. The standard InChI is InChI=1S/C22H23N3O3/c1-3-14-28-18-11-8-17(9-12-18)10-13-21(26)24-19-6-4-5-7-20(19)25-16(2)15-23-22(25)27/h4-13,15H,3,14H2,1-2H3,(H,23,27)(H,24,26)/b13-10-. The zero-order valence-corrected chi connectivity index (χ0v) is 15.9. The summed E-state index contributed by atoms with van der Waals surface area (Å²) in [5, 5.41) is 2.84. The fourth-order valence-corrected chi connectivity index (χ4v) is 2.77. The van der Waals surface area contributed by atoms with Gasteiger partial charge in [-0.3, -0.25) is 9.36 Å². The number of carbonyl (C=O) groups excluding carboxylic acids is 1. The quantitative estimate of drug-likeness (QED) is 0.613. The number of para-hydroxylation sites is 2. The molecule has 0 saturated heterocycles. The average molecular weight is 377 g/mol. The number of rotatable bonds is 7. The van der Waals surface area contributed by atoms with Crippen molar-refractivity contribution in [3.63, 3.8) is 0 Å². The predicted molar refractivity (Wildman–Crippen MR) is 111 cm³/mol. The smallest absolute Gasteiger partial charge is 0.330 e. The van der Waals surface area contributed by atoms with Crippen molar-refractivity contribution in [3.05, 3.63) is 82.5 Å². The van der Waals surface area contributed by atoms with E-state index < -0.39 is 0 Å². The molecule has 28 heavy (non-hydrogen) atoms. The van der Waals surface area contributed by atoms with Crippen molar-refractivity contribution in [3.8, 4) is 11.4 Å². The number of hydrogen-bond acceptors (Lipinski definition) is 3. The Labute approximate surface area is 163 Å². The predicted octanol–water partition coefficient (Wildman–Crippen LogP) is 3.91. The van der Waals surface area contributed by atoms with Crippen LogP contribution in [0.2, 0.25) is 0 Å². The SMILES string of the molecule is CCCOc1ccc(/C=C\C(=O)Nc2ccccc2-n2c(C)c[nH]c2=O)cc1. The summed E-state index contributed by atoms with van der Waals surface area (Å²) in [6.45, 7) is 4.56. The first kappa shape index (κ1) is 19.2. The molecule has 0 fully saturated rings. The number of nitrogens with zero attached hydrogens (tertiary/aromatic N) is 1. The van der Waals surface area contributed by atoms with Crippen LogP contribution in [-0.2, 0) is 4.79 Å². The van der Waals surface area contributed by atoms with Gasteiger partial charge in [0.25, 0.3) is 0 Å². The number of benzene rings is 2. The topological polar surface area (TPSA) is 76.1 Å². The number of anilines is 1. The molecule has 0 aliphatic rings. The highest BCUT2D eigenvalue weighted by molar-refractivity contribution is 6.03. The molecule has 2 aromatic carbocycles. The van der Waals surface area contributed by atoms with Gasteiger partial charge in [-0.05, 0) is 49.2 Å². The van der Waals surface area contributed by atoms with Crippen LogP contribution in [0.25, 0.3) is 11.8 Å². The molecule has 6 nitrogen and oxygen atoms in total. The van der Waals surface area contributed by atoms with Crippen molar-refractivity contribution in [2.24, 2.45) is 0 Å². The molecule has 144 valence electrons. The van der Waals surface area contributed by atoms with Crippen LogP contribution in [0.4, 0.5) is 5.69 Å². The fraction of sp³-hybridized carbons (Fsp3) is 0.182. The minimum atomic E-state index is -0.278. The molecule has 0 saturated carbocycles. The normalized spacial score (nSPS) is 10.9. The lowest BCUT2D eigenvalue weighted by atomic mass is 10.2. The molecule has 3 rings (SSSR count). The molecule has 1 amide bonds. The van der Waals surface area contributed by atoms with Crippen LogP contribution in [0.3, 0.4) is 0 Å². The van der Waals surface area contributed by atoms with Gasteiger partial charge < -0.3 is 15.0 Å². The Morgan fingerprint density at radius 1 is 1.18 bits per heavy atom. The number of amides is 1. The first-order valence-electron chi connectivity index (χ1n) is 9.17. The Morgan fingerprint density at radius 2 is 1.93 bits per heavy atom. The number of hydrogen-bond donors (Lipinski definition) is 2. The molecule has 0 atom stereocenters. The van der Waals surface area contributed by atoms with Gasteiger partial charge in [-0.15, -0.1) is 0 Å². The summed E-state index contributed by atoms with van der Waals surface area (Å²) >= 11 is 0. The molecule has 3 aromatic rings. The van der Waals surface area contributed by atoms with Gasteiger partial charge in [-0.2, -0.15) is 0 Å². The van der Waals surface area contributed by atoms with Gasteiger partial charge in [-0.25, -0.2) is 4.79 Å². The molecule has 1 heterocycles. The number of aromatic nitrogens is 2. The molecule has 0 bridgehead atoms. The van der Waals surface area contributed by atoms with E-state index in [1.807, 2.05) is 43.3 Å². The van der Waals surface area contributed by atoms with Crippen molar-refractivity contribution in [2.75, 3.05) is 11.9 Å². The van der Waals surface area contributed by atoms with Crippen molar-refractivity contribution in [2.45, 2.75) is 20.3 Å². The highest BCUT2D eigenvalue weighted by atomic mass is 16.5. The van der Waals surface area contributed by atoms with E-state index >= 15 is 0 Å². The number of H-pyrrole nitrogens is 1. The minimum Gasteiger partial charge on any atom is -0.494 e. The van der Waals surface area contributed by atoms with Gasteiger partial charge in [0.05, 0.1) is 18.0 Å². The van der Waals surface area contributed by atoms with E-state index in [9.17, 15) is 9.59 Å². The Balaban J connectivity index is 1.72. The summed E-state index contributed by atoms with van der Waals surface area (Å²) < 4.78 is 7.07. The lowest BCUT2D eigenvalue weighted by Crippen LogP contribution is -2.18. The monoisotopic (exact) mass is 377 g/mol. The molecule has 0 unspecified atom stereocenters. The fourth-order valence-electron chi connectivity index (χ4n) is 2.77. The molecule has 0 radical (unpaired) electrons. The van der Waals surface area contributed by atoms with Crippen LogP contribution in [0.15, 0.2) is 65.6 Å². The second-order valence-electron chi connectivity index (χ2n) is 6.33. The summed E-state index contributed by atoms with van der Waals surface area (Å²) in [4.78, 5) is 27.1. The van der Waals surface area contributed by atoms with E-state index in [-0.39, 0.29) is 11.6 Å². The molecule has 0 spiro atoms. The molecular weight excluding hydrogens is 354 g/mol. The van der Waals surface area contributed by atoms with E-state index in [2.05, 4.69) is 17.2 Å². The third-order valence-corrected chi connectivity index (χ3v) is 4.14. The number of imidazole rings is 1. The van der Waals surface area contributed by atoms with Crippen molar-refractivity contribution >= 4 is 17.7 Å². The number of aryl methyl sites for hydroxylation is 1. The Kier molecular flexibility index (Phi) is 6.11. The molecule has 6 heteroatoms. The van der Waals surface area contributed by atoms with Crippen molar-refractivity contribution in [1.29, 1.82) is 0 Å². The van der Waals surface area contributed by atoms with Crippen molar-refractivity contribution < 1.29 is 9.53 Å². The Hall–Kier alpha value is -3.54. The Bertz CT molecular complexity index is 1030. The number of carbonyl (C=O) groups is 1. The van der Waals surface area contributed by atoms with Crippen LogP contribution in [0.5, 0.6) is 5.75 Å². The lowest BCUT2D eigenvalue weighted by Gasteiger charge is -2.11. The highest BCUT2D eigenvalue weighted by Gasteiger charge is 2.10. The molecule has 0 aliphatic carbocycles. The second kappa shape index (κ2) is 8.90. The zero-order chi connectivity index (χ0) is 19.9. The third kappa shape index (κ3) is 4.59.